The second-order valence-electron chi connectivity index (χ2n) is 5.39. The number of carbonyl (C=O) groups excluding carboxylic acids is 1. The second kappa shape index (κ2) is 9.08. The van der Waals surface area contributed by atoms with E-state index in [1.165, 1.54) is 24.0 Å². The van der Waals surface area contributed by atoms with Gasteiger partial charge in [-0.2, -0.15) is 5.10 Å². The third kappa shape index (κ3) is 5.03. The molecule has 0 unspecified atom stereocenters. The number of hydrazone groups is 1. The Balaban J connectivity index is 1.54. The maximum absolute atomic E-state index is 11.9. The predicted octanol–water partition coefficient (Wildman–Crippen LogP) is 3.46. The third-order valence-electron chi connectivity index (χ3n) is 3.42. The quantitative estimate of drug-likeness (QED) is 0.239. The lowest BCUT2D eigenvalue weighted by molar-refractivity contribution is -0.380. The van der Waals surface area contributed by atoms with Crippen molar-refractivity contribution in [1.29, 1.82) is 0 Å². The lowest BCUT2D eigenvalue weighted by atomic mass is 10.2. The SMILES string of the molecule is Cn1c(SCC(=O)N/N=C/c2ccc([N+](=O)[O-])s2)nnc1-c1cccc(Br)c1. The standard InChI is InChI=1S/C16H13BrN6O3S2/c1-22-15(10-3-2-4-11(17)7-10)20-21-16(22)27-9-13(24)19-18-8-12-5-6-14(28-12)23(25)26/h2-8H,9H2,1H3,(H,19,24)/b18-8+. The number of aromatic nitrogens is 3. The molecule has 1 N–H and O–H groups in total. The molecule has 1 aromatic carbocycles. The molecule has 12 heteroatoms. The number of nitrogens with zero attached hydrogens (tertiary/aromatic N) is 5. The molecule has 2 aromatic heterocycles. The van der Waals surface area contributed by atoms with Crippen LogP contribution in [0.5, 0.6) is 0 Å². The molecule has 1 amide bonds. The van der Waals surface area contributed by atoms with Crippen LogP contribution in [-0.2, 0) is 11.8 Å². The summed E-state index contributed by atoms with van der Waals surface area (Å²) < 4.78 is 2.75. The van der Waals surface area contributed by atoms with Crippen LogP contribution in [0.25, 0.3) is 11.4 Å². The summed E-state index contributed by atoms with van der Waals surface area (Å²) in [7, 11) is 1.83. The minimum Gasteiger partial charge on any atom is -0.305 e. The highest BCUT2D eigenvalue weighted by Gasteiger charge is 2.13. The van der Waals surface area contributed by atoms with Crippen molar-refractivity contribution in [2.75, 3.05) is 5.75 Å². The topological polar surface area (TPSA) is 115 Å². The number of thioether (sulfide) groups is 1. The summed E-state index contributed by atoms with van der Waals surface area (Å²) in [6, 6.07) is 10.7. The lowest BCUT2D eigenvalue weighted by Gasteiger charge is -2.04. The summed E-state index contributed by atoms with van der Waals surface area (Å²) in [5, 5.41) is 23.4. The number of nitrogens with one attached hydrogen (secondary N) is 1. The smallest absolute Gasteiger partial charge is 0.305 e. The number of hydrogen-bond donors (Lipinski definition) is 1. The van der Waals surface area contributed by atoms with Gasteiger partial charge in [-0.05, 0) is 18.2 Å². The fourth-order valence-electron chi connectivity index (χ4n) is 2.16. The van der Waals surface area contributed by atoms with Crippen molar-refractivity contribution in [2.45, 2.75) is 5.16 Å². The number of hydrogen-bond acceptors (Lipinski definition) is 8. The number of benzene rings is 1. The Hall–Kier alpha value is -2.57. The van der Waals surface area contributed by atoms with E-state index in [1.54, 1.807) is 6.07 Å². The van der Waals surface area contributed by atoms with Gasteiger partial charge in [-0.3, -0.25) is 14.9 Å². The fourth-order valence-corrected chi connectivity index (χ4v) is 3.96. The summed E-state index contributed by atoms with van der Waals surface area (Å²) in [6.07, 6.45) is 1.37. The number of rotatable bonds is 7. The average Bonchev–Trinajstić information content (AvgIpc) is 3.27. The molecule has 0 saturated carbocycles. The third-order valence-corrected chi connectivity index (χ3v) is 5.91. The molecule has 0 saturated heterocycles. The zero-order valence-corrected chi connectivity index (χ0v) is 17.6. The first-order valence-electron chi connectivity index (χ1n) is 7.78. The number of amides is 1. The van der Waals surface area contributed by atoms with Crippen LogP contribution in [0.1, 0.15) is 4.88 Å². The van der Waals surface area contributed by atoms with E-state index >= 15 is 0 Å². The van der Waals surface area contributed by atoms with Crippen LogP contribution in [0, 0.1) is 10.1 Å². The van der Waals surface area contributed by atoms with Crippen molar-refractivity contribution in [3.8, 4) is 11.4 Å². The van der Waals surface area contributed by atoms with Crippen molar-refractivity contribution in [3.05, 3.63) is 55.9 Å². The Morgan fingerprint density at radius 3 is 2.96 bits per heavy atom. The van der Waals surface area contributed by atoms with E-state index in [-0.39, 0.29) is 16.7 Å². The first-order chi connectivity index (χ1) is 13.4. The van der Waals surface area contributed by atoms with E-state index in [9.17, 15) is 14.9 Å². The van der Waals surface area contributed by atoms with E-state index in [2.05, 4.69) is 36.7 Å². The van der Waals surface area contributed by atoms with Crippen LogP contribution in [0.4, 0.5) is 5.00 Å². The normalized spacial score (nSPS) is 11.1. The van der Waals surface area contributed by atoms with E-state index < -0.39 is 4.92 Å². The molecule has 2 heterocycles. The molecule has 0 radical (unpaired) electrons. The van der Waals surface area contributed by atoms with Gasteiger partial charge in [0.05, 0.1) is 21.8 Å². The molecule has 0 aliphatic carbocycles. The summed E-state index contributed by atoms with van der Waals surface area (Å²) in [6.45, 7) is 0. The number of nitro groups is 1. The fraction of sp³-hybridized carbons (Fsp3) is 0.125. The summed E-state index contributed by atoms with van der Waals surface area (Å²) in [5.41, 5.74) is 3.30. The lowest BCUT2D eigenvalue weighted by Crippen LogP contribution is -2.19. The van der Waals surface area contributed by atoms with Gasteiger partial charge in [-0.25, -0.2) is 5.43 Å². The van der Waals surface area contributed by atoms with E-state index in [4.69, 9.17) is 0 Å². The van der Waals surface area contributed by atoms with Crippen LogP contribution < -0.4 is 5.43 Å². The molecule has 3 rings (SSSR count). The molecule has 0 spiro atoms. The number of thiophene rings is 1. The summed E-state index contributed by atoms with van der Waals surface area (Å²) >= 11 is 5.64. The largest absolute Gasteiger partial charge is 0.324 e. The minimum atomic E-state index is -0.472. The maximum Gasteiger partial charge on any atom is 0.324 e. The van der Waals surface area contributed by atoms with Crippen molar-refractivity contribution in [2.24, 2.45) is 12.1 Å². The highest BCUT2D eigenvalue weighted by Crippen LogP contribution is 2.25. The van der Waals surface area contributed by atoms with Gasteiger partial charge in [0.2, 0.25) is 0 Å². The van der Waals surface area contributed by atoms with Gasteiger partial charge in [0.15, 0.2) is 11.0 Å². The van der Waals surface area contributed by atoms with E-state index in [1.807, 2.05) is 35.9 Å². The Morgan fingerprint density at radius 1 is 1.43 bits per heavy atom. The zero-order chi connectivity index (χ0) is 20.1. The molecular weight excluding hydrogens is 468 g/mol. The molecule has 9 nitrogen and oxygen atoms in total. The van der Waals surface area contributed by atoms with Crippen molar-refractivity contribution in [3.63, 3.8) is 0 Å². The van der Waals surface area contributed by atoms with Crippen LogP contribution >= 0.6 is 39.0 Å². The van der Waals surface area contributed by atoms with Gasteiger partial charge in [0, 0.05) is 23.2 Å². The van der Waals surface area contributed by atoms with Gasteiger partial charge in [0.25, 0.3) is 5.91 Å². The van der Waals surface area contributed by atoms with E-state index in [0.29, 0.717) is 15.9 Å². The van der Waals surface area contributed by atoms with Crippen LogP contribution in [-0.4, -0.2) is 37.6 Å². The molecule has 3 aromatic rings. The van der Waals surface area contributed by atoms with Crippen LogP contribution in [0.3, 0.4) is 0 Å². The van der Waals surface area contributed by atoms with Crippen molar-refractivity contribution >= 4 is 56.2 Å². The Labute approximate surface area is 176 Å². The first-order valence-corrected chi connectivity index (χ1v) is 10.4. The Bertz CT molecular complexity index is 1050. The Morgan fingerprint density at radius 2 is 2.25 bits per heavy atom. The van der Waals surface area contributed by atoms with Gasteiger partial charge in [0.1, 0.15) is 0 Å². The average molecular weight is 481 g/mol. The summed E-state index contributed by atoms with van der Waals surface area (Å²) in [5.74, 6) is 0.479. The molecule has 0 bridgehead atoms. The molecule has 0 atom stereocenters. The molecule has 0 fully saturated rings. The van der Waals surface area contributed by atoms with Gasteiger partial charge in [-0.15, -0.1) is 10.2 Å². The minimum absolute atomic E-state index is 0.0202. The molecule has 0 aliphatic rings. The molecular formula is C16H13BrN6O3S2. The predicted molar refractivity (Wildman–Crippen MR) is 112 cm³/mol. The zero-order valence-electron chi connectivity index (χ0n) is 14.4. The molecule has 144 valence electrons. The molecule has 28 heavy (non-hydrogen) atoms. The number of carbonyl (C=O) groups is 1. The van der Waals surface area contributed by atoms with Crippen molar-refractivity contribution < 1.29 is 9.72 Å². The van der Waals surface area contributed by atoms with Crippen molar-refractivity contribution in [1.82, 2.24) is 20.2 Å². The van der Waals surface area contributed by atoms with Gasteiger partial charge in [-0.1, -0.05) is 51.2 Å². The maximum atomic E-state index is 11.9. The van der Waals surface area contributed by atoms with Gasteiger partial charge >= 0.3 is 5.00 Å². The molecule has 0 aliphatic heterocycles. The highest BCUT2D eigenvalue weighted by molar-refractivity contribution is 9.10. The highest BCUT2D eigenvalue weighted by atomic mass is 79.9. The van der Waals surface area contributed by atoms with E-state index in [0.717, 1.165) is 21.4 Å². The van der Waals surface area contributed by atoms with Crippen LogP contribution in [0.15, 0.2) is 51.1 Å². The second-order valence-corrected chi connectivity index (χ2v) is 8.34. The van der Waals surface area contributed by atoms with Crippen LogP contribution in [0.2, 0.25) is 0 Å². The monoisotopic (exact) mass is 480 g/mol. The van der Waals surface area contributed by atoms with Gasteiger partial charge < -0.3 is 4.57 Å². The first kappa shape index (κ1) is 20.2. The summed E-state index contributed by atoms with van der Waals surface area (Å²) in [4.78, 5) is 22.7. The Kier molecular flexibility index (Phi) is 6.54. The number of halogens is 1.